The molecule has 1 heterocycles. The van der Waals surface area contributed by atoms with E-state index in [1.807, 2.05) is 24.3 Å². The Morgan fingerprint density at radius 3 is 2.13 bits per heavy atom. The van der Waals surface area contributed by atoms with Crippen LogP contribution < -0.4 is 0 Å². The van der Waals surface area contributed by atoms with Gasteiger partial charge in [0.2, 0.25) is 0 Å². The van der Waals surface area contributed by atoms with Gasteiger partial charge in [-0.3, -0.25) is 0 Å². The molecule has 23 heavy (non-hydrogen) atoms. The second-order valence-corrected chi connectivity index (χ2v) is 6.30. The molecule has 2 heteroatoms. The molecule has 0 unspecified atom stereocenters. The Hall–Kier alpha value is -2.45. The molecule has 110 valence electrons. The first kappa shape index (κ1) is 14.2. The second kappa shape index (κ2) is 5.98. The van der Waals surface area contributed by atoms with E-state index in [1.165, 1.54) is 16.5 Å². The number of pyridine rings is 1. The van der Waals surface area contributed by atoms with E-state index in [0.717, 1.165) is 21.2 Å². The molecule has 0 amide bonds. The van der Waals surface area contributed by atoms with Crippen molar-refractivity contribution in [3.63, 3.8) is 0 Å². The summed E-state index contributed by atoms with van der Waals surface area (Å²) in [5.74, 6) is 0. The van der Waals surface area contributed by atoms with Crippen LogP contribution in [0.2, 0.25) is 0 Å². The predicted molar refractivity (Wildman–Crippen MR) is 100 cm³/mol. The molecule has 0 bridgehead atoms. The first-order valence-electron chi connectivity index (χ1n) is 7.52. The molecule has 3 aromatic carbocycles. The molecule has 0 atom stereocenters. The Kier molecular flexibility index (Phi) is 3.68. The molecule has 1 aromatic heterocycles. The van der Waals surface area contributed by atoms with E-state index in [2.05, 4.69) is 76.6 Å². The van der Waals surface area contributed by atoms with Crippen molar-refractivity contribution in [2.75, 3.05) is 0 Å². The smallest absolute Gasteiger partial charge is 0.0709 e. The number of para-hydroxylation sites is 1. The van der Waals surface area contributed by atoms with Gasteiger partial charge in [0.05, 0.1) is 11.2 Å². The monoisotopic (exact) mass is 359 g/mol. The van der Waals surface area contributed by atoms with E-state index >= 15 is 0 Å². The number of nitrogens with zero attached hydrogens (tertiary/aromatic N) is 1. The van der Waals surface area contributed by atoms with Crippen molar-refractivity contribution >= 4 is 26.8 Å². The van der Waals surface area contributed by atoms with Gasteiger partial charge in [0.25, 0.3) is 0 Å². The summed E-state index contributed by atoms with van der Waals surface area (Å²) in [7, 11) is 0. The van der Waals surface area contributed by atoms with Crippen molar-refractivity contribution in [3.05, 3.63) is 89.4 Å². The van der Waals surface area contributed by atoms with Gasteiger partial charge in [0.1, 0.15) is 0 Å². The number of rotatable bonds is 2. The Bertz CT molecular complexity index is 974. The molecule has 0 aliphatic carbocycles. The van der Waals surface area contributed by atoms with Crippen LogP contribution in [-0.2, 0) is 0 Å². The lowest BCUT2D eigenvalue weighted by atomic mass is 10.0. The van der Waals surface area contributed by atoms with Gasteiger partial charge in [-0.2, -0.15) is 0 Å². The summed E-state index contributed by atoms with van der Waals surface area (Å²) >= 11 is 3.61. The quantitative estimate of drug-likeness (QED) is 0.407. The largest absolute Gasteiger partial charge is 0.248 e. The minimum Gasteiger partial charge on any atom is -0.248 e. The summed E-state index contributed by atoms with van der Waals surface area (Å²) in [6.45, 7) is 0. The molecule has 0 spiro atoms. The van der Waals surface area contributed by atoms with Gasteiger partial charge in [0, 0.05) is 15.4 Å². The molecule has 0 aliphatic rings. The zero-order valence-electron chi connectivity index (χ0n) is 12.4. The van der Waals surface area contributed by atoms with Crippen LogP contribution in [0.15, 0.2) is 89.4 Å². The topological polar surface area (TPSA) is 12.9 Å². The Morgan fingerprint density at radius 1 is 0.609 bits per heavy atom. The third-order valence-corrected chi connectivity index (χ3v) is 4.66. The normalized spacial score (nSPS) is 10.8. The minimum absolute atomic E-state index is 1.00. The summed E-state index contributed by atoms with van der Waals surface area (Å²) in [6.07, 6.45) is 0. The lowest BCUT2D eigenvalue weighted by Crippen LogP contribution is -1.86. The molecule has 0 N–H and O–H groups in total. The molecule has 0 fully saturated rings. The highest BCUT2D eigenvalue weighted by molar-refractivity contribution is 9.10. The fraction of sp³-hybridized carbons (Fsp3) is 0. The second-order valence-electron chi connectivity index (χ2n) is 5.45. The highest BCUT2D eigenvalue weighted by Crippen LogP contribution is 2.30. The zero-order chi connectivity index (χ0) is 15.6. The minimum atomic E-state index is 1.00. The molecule has 0 saturated heterocycles. The fourth-order valence-electron chi connectivity index (χ4n) is 2.74. The van der Waals surface area contributed by atoms with Crippen LogP contribution in [0.5, 0.6) is 0 Å². The number of aromatic nitrogens is 1. The van der Waals surface area contributed by atoms with Crippen LogP contribution in [0.25, 0.3) is 33.3 Å². The van der Waals surface area contributed by atoms with E-state index in [9.17, 15) is 0 Å². The lowest BCUT2D eigenvalue weighted by molar-refractivity contribution is 1.40. The van der Waals surface area contributed by atoms with E-state index in [4.69, 9.17) is 4.98 Å². The van der Waals surface area contributed by atoms with E-state index in [1.54, 1.807) is 0 Å². The zero-order valence-corrected chi connectivity index (χ0v) is 14.0. The molecular weight excluding hydrogens is 346 g/mol. The molecular formula is C21H14BrN. The van der Waals surface area contributed by atoms with Gasteiger partial charge in [-0.05, 0) is 29.3 Å². The summed E-state index contributed by atoms with van der Waals surface area (Å²) in [5, 5.41) is 1.17. The van der Waals surface area contributed by atoms with Crippen LogP contribution in [-0.4, -0.2) is 4.98 Å². The Balaban J connectivity index is 1.73. The van der Waals surface area contributed by atoms with Crippen LogP contribution in [0.3, 0.4) is 0 Å². The standard InChI is InChI=1S/C21H14BrN/c22-19-7-3-2-6-18(19)15-9-11-17(12-10-15)21-14-13-16-5-1-4-8-20(16)23-21/h1-14H. The van der Waals surface area contributed by atoms with Gasteiger partial charge in [-0.1, -0.05) is 82.7 Å². The average Bonchev–Trinajstić information content (AvgIpc) is 2.62. The molecule has 0 saturated carbocycles. The summed E-state index contributed by atoms with van der Waals surface area (Å²) < 4.78 is 1.11. The third-order valence-electron chi connectivity index (χ3n) is 3.96. The number of fused-ring (bicyclic) bond motifs is 1. The van der Waals surface area contributed by atoms with Crippen molar-refractivity contribution in [1.29, 1.82) is 0 Å². The third kappa shape index (κ3) is 2.78. The van der Waals surface area contributed by atoms with Crippen LogP contribution in [0.4, 0.5) is 0 Å². The Labute approximate surface area is 143 Å². The van der Waals surface area contributed by atoms with Crippen molar-refractivity contribution in [1.82, 2.24) is 4.98 Å². The Morgan fingerprint density at radius 2 is 1.30 bits per heavy atom. The van der Waals surface area contributed by atoms with Crippen LogP contribution >= 0.6 is 15.9 Å². The maximum atomic E-state index is 4.76. The molecule has 1 nitrogen and oxygen atoms in total. The van der Waals surface area contributed by atoms with Gasteiger partial charge in [0.15, 0.2) is 0 Å². The van der Waals surface area contributed by atoms with Crippen LogP contribution in [0.1, 0.15) is 0 Å². The van der Waals surface area contributed by atoms with E-state index in [-0.39, 0.29) is 0 Å². The molecule has 0 radical (unpaired) electrons. The number of halogens is 1. The lowest BCUT2D eigenvalue weighted by Gasteiger charge is -2.07. The van der Waals surface area contributed by atoms with Gasteiger partial charge < -0.3 is 0 Å². The van der Waals surface area contributed by atoms with Gasteiger partial charge in [-0.15, -0.1) is 0 Å². The van der Waals surface area contributed by atoms with Crippen molar-refractivity contribution in [2.24, 2.45) is 0 Å². The number of benzene rings is 3. The summed E-state index contributed by atoms with van der Waals surface area (Å²) in [5.41, 5.74) is 5.56. The van der Waals surface area contributed by atoms with E-state index in [0.29, 0.717) is 0 Å². The van der Waals surface area contributed by atoms with Crippen LogP contribution in [0, 0.1) is 0 Å². The SMILES string of the molecule is Brc1ccccc1-c1ccc(-c2ccc3ccccc3n2)cc1. The first-order chi connectivity index (χ1) is 11.3. The average molecular weight is 360 g/mol. The molecule has 4 aromatic rings. The fourth-order valence-corrected chi connectivity index (χ4v) is 3.26. The number of hydrogen-bond acceptors (Lipinski definition) is 1. The first-order valence-corrected chi connectivity index (χ1v) is 8.32. The van der Waals surface area contributed by atoms with E-state index < -0.39 is 0 Å². The number of hydrogen-bond donors (Lipinski definition) is 0. The van der Waals surface area contributed by atoms with Gasteiger partial charge >= 0.3 is 0 Å². The summed E-state index contributed by atoms with van der Waals surface area (Å²) in [4.78, 5) is 4.76. The highest BCUT2D eigenvalue weighted by atomic mass is 79.9. The molecule has 0 aliphatic heterocycles. The van der Waals surface area contributed by atoms with Crippen molar-refractivity contribution < 1.29 is 0 Å². The summed E-state index contributed by atoms with van der Waals surface area (Å²) in [6, 6.07) is 29.2. The van der Waals surface area contributed by atoms with Crippen molar-refractivity contribution in [3.8, 4) is 22.4 Å². The highest BCUT2D eigenvalue weighted by Gasteiger charge is 2.04. The van der Waals surface area contributed by atoms with Crippen molar-refractivity contribution in [2.45, 2.75) is 0 Å². The maximum absolute atomic E-state index is 4.76. The molecule has 4 rings (SSSR count). The maximum Gasteiger partial charge on any atom is 0.0709 e. The predicted octanol–water partition coefficient (Wildman–Crippen LogP) is 6.33. The van der Waals surface area contributed by atoms with Gasteiger partial charge in [-0.25, -0.2) is 4.98 Å².